The van der Waals surface area contributed by atoms with E-state index in [1.165, 1.54) is 26.8 Å². The second-order valence-corrected chi connectivity index (χ2v) is 8.87. The lowest BCUT2D eigenvalue weighted by molar-refractivity contribution is -0.0190. The van der Waals surface area contributed by atoms with Gasteiger partial charge in [-0.25, -0.2) is 5.01 Å². The highest BCUT2D eigenvalue weighted by atomic mass is 32.2. The van der Waals surface area contributed by atoms with E-state index in [9.17, 15) is 0 Å². The Morgan fingerprint density at radius 2 is 1.65 bits per heavy atom. The molecule has 2 aliphatic rings. The van der Waals surface area contributed by atoms with E-state index in [1.807, 2.05) is 6.07 Å². The highest BCUT2D eigenvalue weighted by Gasteiger charge is 2.40. The second kappa shape index (κ2) is 7.47. The van der Waals surface area contributed by atoms with E-state index in [-0.39, 0.29) is 12.3 Å². The van der Waals surface area contributed by atoms with Gasteiger partial charge in [0, 0.05) is 22.4 Å². The summed E-state index contributed by atoms with van der Waals surface area (Å²) in [5.41, 5.74) is 4.63. The van der Waals surface area contributed by atoms with E-state index in [0.717, 1.165) is 23.4 Å². The molecule has 2 aliphatic heterocycles. The van der Waals surface area contributed by atoms with Gasteiger partial charge in [0.2, 0.25) is 6.23 Å². The van der Waals surface area contributed by atoms with Gasteiger partial charge in [-0.3, -0.25) is 0 Å². The Bertz CT molecular complexity index is 1300. The molecule has 4 aromatic carbocycles. The van der Waals surface area contributed by atoms with E-state index < -0.39 is 0 Å². The first-order valence-corrected chi connectivity index (χ1v) is 11.8. The molecule has 0 bridgehead atoms. The molecule has 0 radical (unpaired) electrons. The third kappa shape index (κ3) is 3.19. The van der Waals surface area contributed by atoms with Crippen molar-refractivity contribution in [3.8, 4) is 5.75 Å². The van der Waals surface area contributed by atoms with Crippen LogP contribution in [0.25, 0.3) is 10.8 Å². The molecule has 6 rings (SSSR count). The first-order valence-electron chi connectivity index (χ1n) is 10.5. The van der Waals surface area contributed by atoms with Crippen LogP contribution in [-0.4, -0.2) is 17.0 Å². The smallest absolute Gasteiger partial charge is 0.213 e. The molecule has 152 valence electrons. The molecule has 31 heavy (non-hydrogen) atoms. The highest BCUT2D eigenvalue weighted by Crippen LogP contribution is 2.47. The molecular weight excluding hydrogens is 400 g/mol. The van der Waals surface area contributed by atoms with Crippen molar-refractivity contribution in [3.63, 3.8) is 0 Å². The Morgan fingerprint density at radius 3 is 2.48 bits per heavy atom. The monoisotopic (exact) mass is 422 g/mol. The predicted octanol–water partition coefficient (Wildman–Crippen LogP) is 6.80. The number of ether oxygens (including phenoxy) is 1. The molecule has 2 atom stereocenters. The van der Waals surface area contributed by atoms with Gasteiger partial charge in [-0.15, -0.1) is 11.8 Å². The van der Waals surface area contributed by atoms with Gasteiger partial charge in [-0.1, -0.05) is 66.7 Å². The van der Waals surface area contributed by atoms with Crippen LogP contribution < -0.4 is 4.74 Å². The van der Waals surface area contributed by atoms with Crippen molar-refractivity contribution in [2.75, 3.05) is 6.26 Å². The lowest BCUT2D eigenvalue weighted by Gasteiger charge is -2.38. The lowest BCUT2D eigenvalue weighted by Crippen LogP contribution is -2.33. The van der Waals surface area contributed by atoms with Gasteiger partial charge >= 0.3 is 0 Å². The SMILES string of the molecule is CSc1ccc([C@H]2Oc3ccccc3[C@@H]3CC(c4ccc5ccccc5c4)=NN23)cc1. The van der Waals surface area contributed by atoms with Crippen LogP contribution in [0.15, 0.2) is 101 Å². The van der Waals surface area contributed by atoms with Crippen LogP contribution in [0.1, 0.15) is 35.4 Å². The van der Waals surface area contributed by atoms with Crippen molar-refractivity contribution >= 4 is 28.2 Å². The number of para-hydroxylation sites is 1. The second-order valence-electron chi connectivity index (χ2n) is 7.99. The minimum atomic E-state index is -0.228. The zero-order valence-corrected chi connectivity index (χ0v) is 18.0. The van der Waals surface area contributed by atoms with Crippen molar-refractivity contribution in [3.05, 3.63) is 108 Å². The summed E-state index contributed by atoms with van der Waals surface area (Å²) in [5, 5.41) is 9.76. The number of hydrogen-bond donors (Lipinski definition) is 0. The van der Waals surface area contributed by atoms with Gasteiger partial charge in [0.1, 0.15) is 5.75 Å². The van der Waals surface area contributed by atoms with Gasteiger partial charge in [-0.05, 0) is 46.9 Å². The van der Waals surface area contributed by atoms with Crippen molar-refractivity contribution in [1.82, 2.24) is 5.01 Å². The molecule has 0 saturated heterocycles. The molecular formula is C27H22N2OS. The Balaban J connectivity index is 1.43. The summed E-state index contributed by atoms with van der Waals surface area (Å²) in [6, 6.07) is 32.3. The molecule has 0 fully saturated rings. The topological polar surface area (TPSA) is 24.8 Å². The van der Waals surface area contributed by atoms with Crippen LogP contribution >= 0.6 is 11.8 Å². The zero-order valence-electron chi connectivity index (χ0n) is 17.2. The zero-order chi connectivity index (χ0) is 20.8. The summed E-state index contributed by atoms with van der Waals surface area (Å²) in [6.07, 6.45) is 2.74. The average Bonchev–Trinajstić information content (AvgIpc) is 3.29. The molecule has 0 unspecified atom stereocenters. The van der Waals surface area contributed by atoms with Crippen LogP contribution in [0, 0.1) is 0 Å². The predicted molar refractivity (Wildman–Crippen MR) is 128 cm³/mol. The summed E-state index contributed by atoms with van der Waals surface area (Å²) in [7, 11) is 0. The fraction of sp³-hybridized carbons (Fsp3) is 0.148. The standard InChI is InChI=1S/C27H22N2OS/c1-31-22-14-12-19(13-15-22)27-29-25(23-8-4-5-9-26(23)30-27)17-24(28-29)21-11-10-18-6-2-3-7-20(18)16-21/h2-16,25,27H,17H2,1H3/t25-,27+/m0/s1. The molecule has 0 saturated carbocycles. The normalized spacial score (nSPS) is 19.5. The fourth-order valence-corrected chi connectivity index (χ4v) is 4.97. The maximum absolute atomic E-state index is 6.47. The van der Waals surface area contributed by atoms with E-state index in [0.29, 0.717) is 0 Å². The van der Waals surface area contributed by atoms with Crippen LogP contribution in [0.2, 0.25) is 0 Å². The third-order valence-corrected chi connectivity index (χ3v) is 6.93. The summed E-state index contributed by atoms with van der Waals surface area (Å²) < 4.78 is 6.47. The Labute approximate surface area is 186 Å². The van der Waals surface area contributed by atoms with Crippen molar-refractivity contribution < 1.29 is 4.74 Å². The van der Waals surface area contributed by atoms with Crippen molar-refractivity contribution in [2.45, 2.75) is 23.6 Å². The molecule has 0 spiro atoms. The Kier molecular flexibility index (Phi) is 4.46. The third-order valence-electron chi connectivity index (χ3n) is 6.18. The number of hydrogen-bond acceptors (Lipinski definition) is 4. The van der Waals surface area contributed by atoms with Crippen LogP contribution in [0.3, 0.4) is 0 Å². The number of hydrazone groups is 1. The number of nitrogens with zero attached hydrogens (tertiary/aromatic N) is 2. The van der Waals surface area contributed by atoms with Crippen LogP contribution in [0.5, 0.6) is 5.75 Å². The Morgan fingerprint density at radius 1 is 0.871 bits per heavy atom. The molecule has 3 nitrogen and oxygen atoms in total. The van der Waals surface area contributed by atoms with Gasteiger partial charge in [0.15, 0.2) is 0 Å². The number of thioether (sulfide) groups is 1. The lowest BCUT2D eigenvalue weighted by atomic mass is 9.95. The summed E-state index contributed by atoms with van der Waals surface area (Å²) in [6.45, 7) is 0. The van der Waals surface area contributed by atoms with E-state index >= 15 is 0 Å². The molecule has 4 aromatic rings. The quantitative estimate of drug-likeness (QED) is 0.339. The van der Waals surface area contributed by atoms with Gasteiger partial charge in [-0.2, -0.15) is 5.10 Å². The van der Waals surface area contributed by atoms with Crippen LogP contribution in [0.4, 0.5) is 0 Å². The molecule has 4 heteroatoms. The summed E-state index contributed by atoms with van der Waals surface area (Å²) >= 11 is 1.75. The average molecular weight is 423 g/mol. The maximum atomic E-state index is 6.47. The van der Waals surface area contributed by atoms with E-state index in [4.69, 9.17) is 9.84 Å². The van der Waals surface area contributed by atoms with Crippen molar-refractivity contribution in [2.24, 2.45) is 5.10 Å². The fourth-order valence-electron chi connectivity index (χ4n) is 4.57. The largest absolute Gasteiger partial charge is 0.464 e. The van der Waals surface area contributed by atoms with Gasteiger partial charge in [0.05, 0.1) is 11.8 Å². The van der Waals surface area contributed by atoms with Crippen LogP contribution in [-0.2, 0) is 0 Å². The minimum absolute atomic E-state index is 0.177. The Hall–Kier alpha value is -3.24. The number of fused-ring (bicyclic) bond motifs is 4. The van der Waals surface area contributed by atoms with Gasteiger partial charge in [0.25, 0.3) is 0 Å². The van der Waals surface area contributed by atoms with E-state index in [2.05, 4.69) is 96.2 Å². The first-order chi connectivity index (χ1) is 15.3. The summed E-state index contributed by atoms with van der Waals surface area (Å²) in [5.74, 6) is 0.956. The van der Waals surface area contributed by atoms with E-state index in [1.54, 1.807) is 11.8 Å². The minimum Gasteiger partial charge on any atom is -0.464 e. The number of benzene rings is 4. The molecule has 0 N–H and O–H groups in total. The first kappa shape index (κ1) is 18.5. The highest BCUT2D eigenvalue weighted by molar-refractivity contribution is 7.98. The van der Waals surface area contributed by atoms with Crippen molar-refractivity contribution in [1.29, 1.82) is 0 Å². The molecule has 0 amide bonds. The summed E-state index contributed by atoms with van der Waals surface area (Å²) in [4.78, 5) is 1.25. The number of rotatable bonds is 3. The molecule has 0 aromatic heterocycles. The molecule has 2 heterocycles. The maximum Gasteiger partial charge on any atom is 0.213 e. The molecule has 0 aliphatic carbocycles. The van der Waals surface area contributed by atoms with Gasteiger partial charge < -0.3 is 4.74 Å².